The van der Waals surface area contributed by atoms with E-state index >= 15 is 0 Å². The van der Waals surface area contributed by atoms with Crippen molar-refractivity contribution in [2.24, 2.45) is 5.92 Å². The van der Waals surface area contributed by atoms with Crippen LogP contribution in [0.4, 0.5) is 0 Å². The third-order valence-electron chi connectivity index (χ3n) is 6.14. The molecule has 0 aliphatic carbocycles. The third-order valence-corrected chi connectivity index (χ3v) is 6.14. The van der Waals surface area contributed by atoms with E-state index in [-0.39, 0.29) is 0 Å². The largest absolute Gasteiger partial charge is 0.478 e. The van der Waals surface area contributed by atoms with E-state index in [4.69, 9.17) is 0 Å². The van der Waals surface area contributed by atoms with E-state index in [2.05, 4.69) is 14.7 Å². The molecule has 0 spiro atoms. The minimum Gasteiger partial charge on any atom is -0.478 e. The number of piperidine rings is 3. The molecule has 130 valence electrons. The van der Waals surface area contributed by atoms with Crippen molar-refractivity contribution in [1.82, 2.24) is 14.7 Å². The Bertz CT molecular complexity index is 590. The van der Waals surface area contributed by atoms with Gasteiger partial charge in [0.15, 0.2) is 0 Å². The Morgan fingerprint density at radius 3 is 2.38 bits per heavy atom. The van der Waals surface area contributed by atoms with Crippen molar-refractivity contribution in [3.05, 3.63) is 35.4 Å². The number of carbonyl (C=O) groups is 1. The van der Waals surface area contributed by atoms with Gasteiger partial charge in [-0.05, 0) is 43.5 Å². The molecule has 1 unspecified atom stereocenters. The van der Waals surface area contributed by atoms with Crippen molar-refractivity contribution in [2.45, 2.75) is 25.4 Å². The van der Waals surface area contributed by atoms with Gasteiger partial charge in [-0.25, -0.2) is 4.79 Å². The molecule has 5 heteroatoms. The molecule has 0 radical (unpaired) electrons. The Morgan fingerprint density at radius 1 is 1.04 bits per heavy atom. The molecule has 0 amide bonds. The topological polar surface area (TPSA) is 47.0 Å². The number of hydrogen-bond acceptors (Lipinski definition) is 4. The number of hydrogen-bond donors (Lipinski definition) is 1. The normalized spacial score (nSPS) is 31.2. The van der Waals surface area contributed by atoms with Crippen LogP contribution in [0.15, 0.2) is 24.3 Å². The van der Waals surface area contributed by atoms with E-state index < -0.39 is 5.97 Å². The summed E-state index contributed by atoms with van der Waals surface area (Å²) in [6.45, 7) is 8.91. The summed E-state index contributed by atoms with van der Waals surface area (Å²) in [5.74, 6) is 0.0748. The van der Waals surface area contributed by atoms with Crippen molar-refractivity contribution in [3.8, 4) is 0 Å². The predicted molar refractivity (Wildman–Crippen MR) is 93.2 cm³/mol. The van der Waals surface area contributed by atoms with Gasteiger partial charge in [0.05, 0.1) is 5.56 Å². The Balaban J connectivity index is 1.34. The molecule has 4 aliphatic rings. The second-order valence-electron chi connectivity index (χ2n) is 7.48. The van der Waals surface area contributed by atoms with Crippen LogP contribution in [0.1, 0.15) is 28.8 Å². The Hall–Kier alpha value is -1.43. The van der Waals surface area contributed by atoms with Crippen LogP contribution in [0, 0.1) is 5.92 Å². The molecule has 1 aromatic rings. The fourth-order valence-corrected chi connectivity index (χ4v) is 4.71. The summed E-state index contributed by atoms with van der Waals surface area (Å²) in [7, 11) is 0. The summed E-state index contributed by atoms with van der Waals surface area (Å²) in [6.07, 6.45) is 2.74. The average molecular weight is 329 g/mol. The molecule has 4 fully saturated rings. The number of carboxylic acids is 1. The van der Waals surface area contributed by atoms with Crippen LogP contribution in [-0.2, 0) is 6.54 Å². The molecule has 1 N–H and O–H groups in total. The van der Waals surface area contributed by atoms with Crippen LogP contribution in [0.2, 0.25) is 0 Å². The van der Waals surface area contributed by atoms with Gasteiger partial charge in [0.25, 0.3) is 0 Å². The number of benzene rings is 1. The van der Waals surface area contributed by atoms with Gasteiger partial charge in [-0.1, -0.05) is 18.2 Å². The molecule has 5 rings (SSSR count). The highest BCUT2D eigenvalue weighted by molar-refractivity contribution is 5.89. The third kappa shape index (κ3) is 3.21. The lowest BCUT2D eigenvalue weighted by atomic mass is 9.83. The number of piperazine rings is 1. The Labute approximate surface area is 143 Å². The van der Waals surface area contributed by atoms with Gasteiger partial charge in [0.1, 0.15) is 0 Å². The van der Waals surface area contributed by atoms with Crippen molar-refractivity contribution in [2.75, 3.05) is 45.8 Å². The van der Waals surface area contributed by atoms with Crippen LogP contribution >= 0.6 is 0 Å². The van der Waals surface area contributed by atoms with Crippen LogP contribution < -0.4 is 0 Å². The first-order valence-electron chi connectivity index (χ1n) is 9.20. The molecule has 4 aliphatic heterocycles. The lowest BCUT2D eigenvalue weighted by Gasteiger charge is -2.51. The molecule has 5 nitrogen and oxygen atoms in total. The molecule has 1 aromatic carbocycles. The Morgan fingerprint density at radius 2 is 1.75 bits per heavy atom. The average Bonchev–Trinajstić information content (AvgIpc) is 2.63. The zero-order valence-electron chi connectivity index (χ0n) is 14.2. The van der Waals surface area contributed by atoms with Crippen molar-refractivity contribution < 1.29 is 9.90 Å². The van der Waals surface area contributed by atoms with Gasteiger partial charge in [-0.2, -0.15) is 0 Å². The van der Waals surface area contributed by atoms with E-state index in [1.165, 1.54) is 32.5 Å². The molecular weight excluding hydrogens is 302 g/mol. The van der Waals surface area contributed by atoms with Gasteiger partial charge in [-0.3, -0.25) is 9.80 Å². The van der Waals surface area contributed by atoms with Gasteiger partial charge in [-0.15, -0.1) is 0 Å². The first-order chi connectivity index (χ1) is 11.7. The van der Waals surface area contributed by atoms with Crippen molar-refractivity contribution >= 4 is 5.97 Å². The van der Waals surface area contributed by atoms with E-state index in [1.54, 1.807) is 12.1 Å². The number of fused-ring (bicyclic) bond motifs is 3. The highest BCUT2D eigenvalue weighted by Crippen LogP contribution is 2.31. The lowest BCUT2D eigenvalue weighted by molar-refractivity contribution is -0.0162. The maximum absolute atomic E-state index is 11.4. The maximum Gasteiger partial charge on any atom is 0.336 e. The SMILES string of the molecule is O=C(O)c1ccccc1CN1CCN(C2CN3CCC2CC3)CC1. The summed E-state index contributed by atoms with van der Waals surface area (Å²) >= 11 is 0. The van der Waals surface area contributed by atoms with Gasteiger partial charge >= 0.3 is 5.97 Å². The van der Waals surface area contributed by atoms with Gasteiger partial charge in [0.2, 0.25) is 0 Å². The fourth-order valence-electron chi connectivity index (χ4n) is 4.71. The highest BCUT2D eigenvalue weighted by Gasteiger charge is 2.38. The minimum absolute atomic E-state index is 0.442. The summed E-state index contributed by atoms with van der Waals surface area (Å²) in [6, 6.07) is 8.15. The van der Waals surface area contributed by atoms with E-state index in [0.717, 1.165) is 50.2 Å². The first-order valence-corrected chi connectivity index (χ1v) is 9.20. The van der Waals surface area contributed by atoms with Crippen LogP contribution in [0.3, 0.4) is 0 Å². The Kier molecular flexibility index (Phi) is 4.57. The molecule has 4 saturated heterocycles. The monoisotopic (exact) mass is 329 g/mol. The number of rotatable bonds is 4. The van der Waals surface area contributed by atoms with Crippen molar-refractivity contribution in [1.29, 1.82) is 0 Å². The van der Waals surface area contributed by atoms with Crippen LogP contribution in [0.5, 0.6) is 0 Å². The van der Waals surface area contributed by atoms with Gasteiger partial charge in [0, 0.05) is 45.3 Å². The number of aromatic carboxylic acids is 1. The lowest BCUT2D eigenvalue weighted by Crippen LogP contribution is -2.60. The quantitative estimate of drug-likeness (QED) is 0.909. The number of carboxylic acid groups (broad SMARTS) is 1. The van der Waals surface area contributed by atoms with Crippen LogP contribution in [-0.4, -0.2) is 77.6 Å². The van der Waals surface area contributed by atoms with E-state index in [9.17, 15) is 9.90 Å². The molecule has 0 saturated carbocycles. The van der Waals surface area contributed by atoms with Gasteiger partial charge < -0.3 is 10.0 Å². The summed E-state index contributed by atoms with van der Waals surface area (Å²) in [4.78, 5) is 19.1. The first kappa shape index (κ1) is 16.1. The highest BCUT2D eigenvalue weighted by atomic mass is 16.4. The minimum atomic E-state index is -0.823. The second kappa shape index (κ2) is 6.82. The standard InChI is InChI=1S/C19H27N3O2/c23-19(24)17-4-2-1-3-16(17)13-21-9-11-22(12-10-21)18-14-20-7-5-15(18)6-8-20/h1-4,15,18H,5-14H2,(H,23,24). The molecule has 0 aromatic heterocycles. The smallest absolute Gasteiger partial charge is 0.336 e. The van der Waals surface area contributed by atoms with Crippen LogP contribution in [0.25, 0.3) is 0 Å². The molecule has 1 atom stereocenters. The number of nitrogens with zero attached hydrogens (tertiary/aromatic N) is 3. The van der Waals surface area contributed by atoms with E-state index in [1.807, 2.05) is 12.1 Å². The molecule has 4 heterocycles. The summed E-state index contributed by atoms with van der Waals surface area (Å²) in [5, 5.41) is 9.34. The molecule has 24 heavy (non-hydrogen) atoms. The molecular formula is C19H27N3O2. The fraction of sp³-hybridized carbons (Fsp3) is 0.632. The zero-order valence-corrected chi connectivity index (χ0v) is 14.2. The maximum atomic E-state index is 11.4. The van der Waals surface area contributed by atoms with E-state index in [0.29, 0.717) is 5.56 Å². The second-order valence-corrected chi connectivity index (χ2v) is 7.48. The predicted octanol–water partition coefficient (Wildman–Crippen LogP) is 1.60. The zero-order chi connectivity index (χ0) is 16.5. The summed E-state index contributed by atoms with van der Waals surface area (Å²) in [5.41, 5.74) is 1.37. The molecule has 2 bridgehead atoms. The van der Waals surface area contributed by atoms with Crippen molar-refractivity contribution in [3.63, 3.8) is 0 Å². The summed E-state index contributed by atoms with van der Waals surface area (Å²) < 4.78 is 0.